The number of anilines is 1. The lowest BCUT2D eigenvalue weighted by atomic mass is 9.53. The fourth-order valence-corrected chi connectivity index (χ4v) is 14.3. The molecular formula is C75H68N8O3. The lowest BCUT2D eigenvalue weighted by molar-refractivity contribution is -0.0878. The maximum Gasteiger partial charge on any atom is 0.411 e. The Labute approximate surface area is 502 Å². The van der Waals surface area contributed by atoms with Gasteiger partial charge in [0, 0.05) is 35.7 Å². The molecule has 426 valence electrons. The smallest absolute Gasteiger partial charge is 0.411 e. The van der Waals surface area contributed by atoms with E-state index in [1.807, 2.05) is 59.4 Å². The molecule has 11 aromatic rings. The van der Waals surface area contributed by atoms with Gasteiger partial charge in [-0.2, -0.15) is 5.10 Å². The molecule has 86 heavy (non-hydrogen) atoms. The number of carbonyl (C=O) groups excluding carboxylic acids is 1. The van der Waals surface area contributed by atoms with Crippen molar-refractivity contribution in [1.82, 2.24) is 34.7 Å². The van der Waals surface area contributed by atoms with Gasteiger partial charge < -0.3 is 14.8 Å². The van der Waals surface area contributed by atoms with Crippen molar-refractivity contribution in [2.45, 2.75) is 93.2 Å². The number of amides is 1. The predicted molar refractivity (Wildman–Crippen MR) is 339 cm³/mol. The van der Waals surface area contributed by atoms with Crippen molar-refractivity contribution in [1.29, 1.82) is 0 Å². The second-order valence-electron chi connectivity index (χ2n) is 24.3. The summed E-state index contributed by atoms with van der Waals surface area (Å²) in [5.74, 6) is 1.36. The number of nitrogens with zero attached hydrogens (tertiary/aromatic N) is 7. The third kappa shape index (κ3) is 9.51. The molecule has 3 aliphatic carbocycles. The summed E-state index contributed by atoms with van der Waals surface area (Å²) in [5, 5.41) is 20.0. The quantitative estimate of drug-likeness (QED) is 0.127. The standard InChI is InChI=1S/C75H68N8O3/c1-71(2,3)86-70(84)82-47-42-64(55-51-76-81(53-55)52-54-26-25-41-63(48-54)85-66-50-72(82)43-45-73(66,46-44-72)56-27-11-4-12-28-56)65-49-67(78-74(57-29-13-5-14-30-57,58-31-15-6-16-32-58)59-33-17-7-18-34-59)77-69-68(65)79-80-83(69)75(60-35-19-8-20-36-60,61-37-21-9-22-38-61)62-39-23-10-24-40-62/h4-42,48-49,51,53,66H,43-47,50,52H2,1-3H3,(H,77,78)/b64-42+/t66-,72?,73?/m0/s1. The van der Waals surface area contributed by atoms with Crippen molar-refractivity contribution < 1.29 is 14.3 Å². The van der Waals surface area contributed by atoms with Crippen LogP contribution in [-0.2, 0) is 27.8 Å². The topological polar surface area (TPSA) is 112 Å². The van der Waals surface area contributed by atoms with Crippen LogP contribution in [0.25, 0.3) is 16.7 Å². The van der Waals surface area contributed by atoms with Gasteiger partial charge in [0.25, 0.3) is 0 Å². The zero-order valence-electron chi connectivity index (χ0n) is 48.7. The Morgan fingerprint density at radius 1 is 0.616 bits per heavy atom. The SMILES string of the molecule is CC(C)(C)OC(=O)N1C/C=C(/c2cc(NC(c3ccccc3)(c3ccccc3)c3ccccc3)nc3c2nnn3C(c2ccccc2)(c2ccccc2)c2ccccc2)c2cnn(c2)Cc2cccc(c2)O[C@H]2CC13CCC2(c1ccccc1)CC3. The number of nitrogens with one attached hydrogen (secondary N) is 1. The van der Waals surface area contributed by atoms with Crippen LogP contribution < -0.4 is 10.1 Å². The van der Waals surface area contributed by atoms with E-state index in [2.05, 4.69) is 242 Å². The van der Waals surface area contributed by atoms with Crippen molar-refractivity contribution in [3.8, 4) is 5.75 Å². The Balaban J connectivity index is 1.05. The summed E-state index contributed by atoms with van der Waals surface area (Å²) < 4.78 is 17.8. The largest absolute Gasteiger partial charge is 0.489 e. The number of ether oxygens (including phenoxy) is 2. The highest BCUT2D eigenvalue weighted by Crippen LogP contribution is 2.57. The van der Waals surface area contributed by atoms with Crippen molar-refractivity contribution in [2.75, 3.05) is 11.9 Å². The van der Waals surface area contributed by atoms with Gasteiger partial charge in [0.05, 0.1) is 18.3 Å². The monoisotopic (exact) mass is 1130 g/mol. The van der Waals surface area contributed by atoms with Gasteiger partial charge in [0.1, 0.15) is 39.9 Å². The summed E-state index contributed by atoms with van der Waals surface area (Å²) in [5.41, 5.74) is 8.07. The molecule has 11 heteroatoms. The third-order valence-corrected chi connectivity index (χ3v) is 18.3. The van der Waals surface area contributed by atoms with Crippen LogP contribution in [0.3, 0.4) is 0 Å². The van der Waals surface area contributed by atoms with Crippen molar-refractivity contribution in [2.24, 2.45) is 0 Å². The zero-order valence-corrected chi connectivity index (χ0v) is 48.7. The first-order valence-corrected chi connectivity index (χ1v) is 30.0. The number of aromatic nitrogens is 6. The van der Waals surface area contributed by atoms with Crippen molar-refractivity contribution in [3.63, 3.8) is 0 Å². The van der Waals surface area contributed by atoms with Crippen LogP contribution in [-0.4, -0.2) is 64.5 Å². The van der Waals surface area contributed by atoms with Crippen LogP contribution in [0.15, 0.2) is 261 Å². The third-order valence-electron chi connectivity index (χ3n) is 18.3. The first kappa shape index (κ1) is 54.1. The first-order valence-electron chi connectivity index (χ1n) is 30.0. The summed E-state index contributed by atoms with van der Waals surface area (Å²) in [6.07, 6.45) is 9.44. The molecule has 1 amide bonds. The minimum Gasteiger partial charge on any atom is -0.489 e. The van der Waals surface area contributed by atoms with Gasteiger partial charge in [0.15, 0.2) is 5.65 Å². The fraction of sp³-hybridized carbons (Fsp3) is 0.213. The molecule has 1 aliphatic heterocycles. The Bertz CT molecular complexity index is 4000. The molecule has 7 bridgehead atoms. The second kappa shape index (κ2) is 22.0. The second-order valence-corrected chi connectivity index (χ2v) is 24.3. The number of pyridine rings is 1. The number of fused-ring (bicyclic) bond motifs is 7. The molecule has 1 atom stereocenters. The van der Waals surface area contributed by atoms with E-state index in [1.54, 1.807) is 0 Å². The van der Waals surface area contributed by atoms with Crippen LogP contribution >= 0.6 is 0 Å². The molecule has 0 saturated heterocycles. The Hall–Kier alpha value is -9.87. The van der Waals surface area contributed by atoms with Gasteiger partial charge >= 0.3 is 6.09 Å². The molecule has 3 saturated carbocycles. The molecule has 3 fully saturated rings. The number of hydrogen-bond donors (Lipinski definition) is 1. The van der Waals surface area contributed by atoms with E-state index in [0.717, 1.165) is 87.1 Å². The van der Waals surface area contributed by atoms with E-state index < -0.39 is 22.2 Å². The van der Waals surface area contributed by atoms with Crippen LogP contribution in [0.5, 0.6) is 5.75 Å². The number of rotatable bonds is 11. The number of benzene rings is 8. The van der Waals surface area contributed by atoms with E-state index in [-0.39, 0.29) is 24.2 Å². The van der Waals surface area contributed by atoms with Crippen molar-refractivity contribution in [3.05, 3.63) is 317 Å². The number of hydrogen-bond acceptors (Lipinski definition) is 8. The van der Waals surface area contributed by atoms with Crippen LogP contribution in [0, 0.1) is 0 Å². The summed E-state index contributed by atoms with van der Waals surface area (Å²) in [7, 11) is 0. The fourth-order valence-electron chi connectivity index (χ4n) is 14.3. The zero-order chi connectivity index (χ0) is 58.4. The summed E-state index contributed by atoms with van der Waals surface area (Å²) in [6.45, 7) is 6.53. The van der Waals surface area contributed by atoms with Crippen LogP contribution in [0.1, 0.15) is 109 Å². The van der Waals surface area contributed by atoms with E-state index >= 15 is 4.79 Å². The molecule has 15 rings (SSSR count). The average Bonchev–Trinajstić information content (AvgIpc) is 1.19. The highest BCUT2D eigenvalue weighted by Gasteiger charge is 2.60. The van der Waals surface area contributed by atoms with Gasteiger partial charge in [-0.1, -0.05) is 236 Å². The lowest BCUT2D eigenvalue weighted by Gasteiger charge is -2.60. The minimum atomic E-state index is -1.09. The maximum atomic E-state index is 15.5. The number of carbonyl (C=O) groups is 1. The molecule has 4 heterocycles. The molecule has 1 spiro atoms. The van der Waals surface area contributed by atoms with Crippen LogP contribution in [0.4, 0.5) is 10.6 Å². The molecule has 1 N–H and O–H groups in total. The molecular weight excluding hydrogens is 1060 g/mol. The molecule has 3 aromatic heterocycles. The molecule has 4 aliphatic rings. The lowest BCUT2D eigenvalue weighted by Crippen LogP contribution is -2.66. The minimum absolute atomic E-state index is 0.207. The molecule has 8 aromatic carbocycles. The van der Waals surface area contributed by atoms with Gasteiger partial charge in [-0.05, 0) is 115 Å². The van der Waals surface area contributed by atoms with Gasteiger partial charge in [0.2, 0.25) is 0 Å². The van der Waals surface area contributed by atoms with E-state index in [9.17, 15) is 0 Å². The molecule has 0 radical (unpaired) electrons. The Kier molecular flexibility index (Phi) is 13.8. The highest BCUT2D eigenvalue weighted by atomic mass is 16.6. The van der Waals surface area contributed by atoms with Crippen LogP contribution in [0.2, 0.25) is 0 Å². The summed E-state index contributed by atoms with van der Waals surface area (Å²) in [4.78, 5) is 23.3. The van der Waals surface area contributed by atoms with Gasteiger partial charge in [-0.15, -0.1) is 5.10 Å². The maximum absolute atomic E-state index is 15.5. The molecule has 11 nitrogen and oxygen atoms in total. The van der Waals surface area contributed by atoms with Crippen molar-refractivity contribution >= 4 is 28.6 Å². The Morgan fingerprint density at radius 3 is 1.67 bits per heavy atom. The summed E-state index contributed by atoms with van der Waals surface area (Å²) >= 11 is 0. The highest BCUT2D eigenvalue weighted by molar-refractivity contribution is 5.94. The first-order chi connectivity index (χ1) is 42.0. The van der Waals surface area contributed by atoms with E-state index in [1.165, 1.54) is 5.56 Å². The van der Waals surface area contributed by atoms with Gasteiger partial charge in [-0.3, -0.25) is 9.58 Å². The summed E-state index contributed by atoms with van der Waals surface area (Å²) in [6, 6.07) is 84.8. The van der Waals surface area contributed by atoms with E-state index in [0.29, 0.717) is 29.9 Å². The van der Waals surface area contributed by atoms with E-state index in [4.69, 9.17) is 29.9 Å². The average molecular weight is 1130 g/mol. The molecule has 0 unspecified atom stereocenters. The Morgan fingerprint density at radius 2 is 1.14 bits per heavy atom. The predicted octanol–water partition coefficient (Wildman–Crippen LogP) is 15.4. The normalized spacial score (nSPS) is 19.3. The van der Waals surface area contributed by atoms with Gasteiger partial charge in [-0.25, -0.2) is 14.5 Å².